The van der Waals surface area contributed by atoms with Crippen LogP contribution in [-0.4, -0.2) is 41.7 Å². The molecule has 4 aromatic carbocycles. The van der Waals surface area contributed by atoms with Crippen LogP contribution in [0.25, 0.3) is 0 Å². The summed E-state index contributed by atoms with van der Waals surface area (Å²) in [6.45, 7) is 6.03. The fourth-order valence-electron chi connectivity index (χ4n) is 4.90. The van der Waals surface area contributed by atoms with Crippen molar-refractivity contribution >= 4 is 35.0 Å². The summed E-state index contributed by atoms with van der Waals surface area (Å²) >= 11 is 0. The van der Waals surface area contributed by atoms with Crippen molar-refractivity contribution in [2.45, 2.75) is 32.6 Å². The van der Waals surface area contributed by atoms with Gasteiger partial charge in [0.1, 0.15) is 17.2 Å². The molecule has 0 N–H and O–H groups in total. The Bertz CT molecular complexity index is 1790. The lowest BCUT2D eigenvalue weighted by molar-refractivity contribution is -0.384. The maximum atomic E-state index is 12.7. The topological polar surface area (TPSA) is 142 Å². The summed E-state index contributed by atoms with van der Waals surface area (Å²) < 4.78 is 16.4. The van der Waals surface area contributed by atoms with Crippen LogP contribution in [0.1, 0.15) is 53.5 Å². The molecule has 1 amide bonds. The third-order valence-electron chi connectivity index (χ3n) is 7.61. The van der Waals surface area contributed by atoms with E-state index in [1.807, 2.05) is 24.3 Å². The van der Waals surface area contributed by atoms with Crippen LogP contribution in [0.3, 0.4) is 0 Å². The molecule has 1 aliphatic rings. The molecule has 47 heavy (non-hydrogen) atoms. The first-order chi connectivity index (χ1) is 22.4. The van der Waals surface area contributed by atoms with Gasteiger partial charge >= 0.3 is 11.9 Å². The number of nitrogens with zero attached hydrogens (tertiary/aromatic N) is 2. The predicted molar refractivity (Wildman–Crippen MR) is 172 cm³/mol. The van der Waals surface area contributed by atoms with Crippen LogP contribution >= 0.6 is 0 Å². The molecule has 0 aliphatic carbocycles. The van der Waals surface area contributed by atoms with Crippen molar-refractivity contribution in [1.82, 2.24) is 0 Å². The van der Waals surface area contributed by atoms with Gasteiger partial charge in [-0.3, -0.25) is 24.5 Å². The monoisotopic (exact) mass is 636 g/mol. The number of rotatable bonds is 10. The molecule has 0 spiro atoms. The molecule has 1 atom stereocenters. The molecule has 11 nitrogen and oxygen atoms in total. The number of esters is 2. The highest BCUT2D eigenvalue weighted by molar-refractivity contribution is 6.01. The molecule has 1 fully saturated rings. The number of hydrogen-bond donors (Lipinski definition) is 0. The van der Waals surface area contributed by atoms with Crippen molar-refractivity contribution < 1.29 is 38.3 Å². The zero-order valence-electron chi connectivity index (χ0n) is 26.0. The van der Waals surface area contributed by atoms with Gasteiger partial charge in [0.05, 0.1) is 16.4 Å². The molecular weight excluding hydrogens is 604 g/mol. The Labute approximate surface area is 270 Å². The zero-order chi connectivity index (χ0) is 33.7. The minimum atomic E-state index is -0.728. The van der Waals surface area contributed by atoms with Gasteiger partial charge < -0.3 is 19.1 Å². The second kappa shape index (κ2) is 13.7. The second-order valence-corrected chi connectivity index (χ2v) is 12.0. The molecule has 240 valence electrons. The second-order valence-electron chi connectivity index (χ2n) is 12.0. The molecule has 0 saturated carbocycles. The first-order valence-electron chi connectivity index (χ1n) is 14.8. The SMILES string of the molecule is CC(C)(C)c1ccc(Oc2ccc(N3C[C@H](C(=O)OCC(=O)c4ccc(OC(=O)c5ccc([N+](=O)[O-])cc5)cc4)CC3=O)cc2)cc1. The van der Waals surface area contributed by atoms with E-state index >= 15 is 0 Å². The van der Waals surface area contributed by atoms with Crippen molar-refractivity contribution in [1.29, 1.82) is 0 Å². The molecule has 11 heteroatoms. The first-order valence-corrected chi connectivity index (χ1v) is 14.8. The van der Waals surface area contributed by atoms with E-state index in [1.165, 1.54) is 59.0 Å². The summed E-state index contributed by atoms with van der Waals surface area (Å²) in [5.74, 6) is -1.36. The molecule has 1 aliphatic heterocycles. The van der Waals surface area contributed by atoms with E-state index in [4.69, 9.17) is 14.2 Å². The summed E-state index contributed by atoms with van der Waals surface area (Å²) in [5, 5.41) is 10.8. The van der Waals surface area contributed by atoms with Crippen molar-refractivity contribution in [2.75, 3.05) is 18.1 Å². The molecule has 1 heterocycles. The minimum Gasteiger partial charge on any atom is -0.457 e. The van der Waals surface area contributed by atoms with Gasteiger partial charge in [0.2, 0.25) is 5.91 Å². The minimum absolute atomic E-state index is 0.0384. The number of carbonyl (C=O) groups excluding carboxylic acids is 4. The lowest BCUT2D eigenvalue weighted by atomic mass is 9.87. The van der Waals surface area contributed by atoms with Crippen molar-refractivity contribution in [3.8, 4) is 17.2 Å². The lowest BCUT2D eigenvalue weighted by Crippen LogP contribution is -2.27. The summed E-state index contributed by atoms with van der Waals surface area (Å²) in [6.07, 6.45) is -0.0414. The number of Topliss-reactive ketones (excluding diaryl/α,β-unsaturated/α-hetero) is 1. The van der Waals surface area contributed by atoms with E-state index in [2.05, 4.69) is 20.8 Å². The van der Waals surface area contributed by atoms with Gasteiger partial charge in [0, 0.05) is 36.3 Å². The van der Waals surface area contributed by atoms with E-state index in [0.29, 0.717) is 17.2 Å². The van der Waals surface area contributed by atoms with E-state index in [0.717, 1.165) is 0 Å². The van der Waals surface area contributed by atoms with Crippen LogP contribution in [0.4, 0.5) is 11.4 Å². The normalized spacial score (nSPS) is 14.4. The third kappa shape index (κ3) is 8.06. The molecule has 0 unspecified atom stereocenters. The Balaban J connectivity index is 1.09. The standard InChI is InChI=1S/C36H32N2O9/c1-36(2,3)26-8-16-29(17-9-26)46-30-18-12-27(13-19-30)37-21-25(20-33(37)40)34(41)45-22-32(39)23-6-14-31(15-7-23)47-35(42)24-4-10-28(11-5-24)38(43)44/h4-19,25H,20-22H2,1-3H3/t25-/m1/s1. The largest absolute Gasteiger partial charge is 0.457 e. The Hall–Kier alpha value is -5.84. The number of non-ortho nitro benzene ring substituents is 1. The first kappa shape index (κ1) is 32.6. The Morgan fingerprint density at radius 1 is 0.809 bits per heavy atom. The number of nitro groups is 1. The van der Waals surface area contributed by atoms with Crippen LogP contribution in [0, 0.1) is 16.0 Å². The van der Waals surface area contributed by atoms with Gasteiger partial charge in [0.25, 0.3) is 5.69 Å². The average molecular weight is 637 g/mol. The van der Waals surface area contributed by atoms with E-state index in [-0.39, 0.29) is 46.9 Å². The van der Waals surface area contributed by atoms with Gasteiger partial charge in [0.15, 0.2) is 12.4 Å². The molecule has 0 radical (unpaired) electrons. The number of ketones is 1. The summed E-state index contributed by atoms with van der Waals surface area (Å²) in [5.41, 5.74) is 2.04. The maximum absolute atomic E-state index is 12.7. The van der Waals surface area contributed by atoms with Crippen LogP contribution in [0.5, 0.6) is 17.2 Å². The fraction of sp³-hybridized carbons (Fsp3) is 0.222. The number of amides is 1. The Morgan fingerprint density at radius 3 is 1.94 bits per heavy atom. The smallest absolute Gasteiger partial charge is 0.343 e. The number of hydrogen-bond acceptors (Lipinski definition) is 9. The highest BCUT2D eigenvalue weighted by atomic mass is 16.6. The third-order valence-corrected chi connectivity index (χ3v) is 7.61. The molecule has 1 saturated heterocycles. The molecule has 5 rings (SSSR count). The number of benzene rings is 4. The fourth-order valence-corrected chi connectivity index (χ4v) is 4.90. The predicted octanol–water partition coefficient (Wildman–Crippen LogP) is 6.68. The van der Waals surface area contributed by atoms with Gasteiger partial charge in [-0.15, -0.1) is 0 Å². The van der Waals surface area contributed by atoms with Crippen LogP contribution in [-0.2, 0) is 19.7 Å². The molecular formula is C36H32N2O9. The average Bonchev–Trinajstić information content (AvgIpc) is 3.45. The van der Waals surface area contributed by atoms with Gasteiger partial charge in [-0.1, -0.05) is 32.9 Å². The highest BCUT2D eigenvalue weighted by Gasteiger charge is 2.36. The lowest BCUT2D eigenvalue weighted by Gasteiger charge is -2.19. The van der Waals surface area contributed by atoms with E-state index in [9.17, 15) is 29.3 Å². The number of anilines is 1. The van der Waals surface area contributed by atoms with Crippen LogP contribution in [0.15, 0.2) is 97.1 Å². The van der Waals surface area contributed by atoms with Crippen LogP contribution < -0.4 is 14.4 Å². The molecule has 0 bridgehead atoms. The zero-order valence-corrected chi connectivity index (χ0v) is 26.0. The summed E-state index contributed by atoms with van der Waals surface area (Å²) in [6, 6.07) is 25.5. The van der Waals surface area contributed by atoms with Crippen molar-refractivity contribution in [3.63, 3.8) is 0 Å². The van der Waals surface area contributed by atoms with Crippen molar-refractivity contribution in [2.24, 2.45) is 5.92 Å². The Morgan fingerprint density at radius 2 is 1.36 bits per heavy atom. The molecule has 4 aromatic rings. The van der Waals surface area contributed by atoms with E-state index < -0.39 is 35.2 Å². The molecule has 0 aromatic heterocycles. The number of nitro benzene ring substituents is 1. The quantitative estimate of drug-likeness (QED) is 0.0612. The maximum Gasteiger partial charge on any atom is 0.343 e. The highest BCUT2D eigenvalue weighted by Crippen LogP contribution is 2.30. The summed E-state index contributed by atoms with van der Waals surface area (Å²) in [4.78, 5) is 62.2. The number of carbonyl (C=O) groups is 4. The van der Waals surface area contributed by atoms with Gasteiger partial charge in [-0.05, 0) is 83.8 Å². The van der Waals surface area contributed by atoms with Crippen molar-refractivity contribution in [3.05, 3.63) is 124 Å². The van der Waals surface area contributed by atoms with Crippen LogP contribution in [0.2, 0.25) is 0 Å². The Kier molecular flexibility index (Phi) is 9.46. The summed E-state index contributed by atoms with van der Waals surface area (Å²) in [7, 11) is 0. The van der Waals surface area contributed by atoms with Gasteiger partial charge in [-0.25, -0.2) is 4.79 Å². The number of ether oxygens (including phenoxy) is 3. The van der Waals surface area contributed by atoms with Gasteiger partial charge in [-0.2, -0.15) is 0 Å². The van der Waals surface area contributed by atoms with E-state index in [1.54, 1.807) is 24.3 Å².